The van der Waals surface area contributed by atoms with Crippen LogP contribution in [-0.2, 0) is 27.5 Å². The molecule has 8 nitrogen and oxygen atoms in total. The van der Waals surface area contributed by atoms with Crippen molar-refractivity contribution in [2.24, 2.45) is 5.92 Å². The number of alkyl halides is 2. The predicted octanol–water partition coefficient (Wildman–Crippen LogP) is 3.32. The Morgan fingerprint density at radius 1 is 1.26 bits per heavy atom. The Kier molecular flexibility index (Phi) is 6.67. The first-order valence-electron chi connectivity index (χ1n) is 11.5. The van der Waals surface area contributed by atoms with Gasteiger partial charge in [-0.15, -0.1) is 0 Å². The van der Waals surface area contributed by atoms with Crippen LogP contribution in [0.2, 0.25) is 0 Å². The van der Waals surface area contributed by atoms with Crippen LogP contribution in [0.5, 0.6) is 5.75 Å². The maximum atomic E-state index is 13.2. The summed E-state index contributed by atoms with van der Waals surface area (Å²) in [6, 6.07) is 1.54. The van der Waals surface area contributed by atoms with Crippen LogP contribution in [0.25, 0.3) is 11.3 Å². The Balaban J connectivity index is 1.56. The summed E-state index contributed by atoms with van der Waals surface area (Å²) in [6.45, 7) is 2.97. The Morgan fingerprint density at radius 2 is 1.97 bits per heavy atom. The average molecular weight is 497 g/mol. The maximum absolute atomic E-state index is 13.2. The minimum Gasteiger partial charge on any atom is -0.433 e. The Labute approximate surface area is 198 Å². The zero-order chi connectivity index (χ0) is 24.7. The fourth-order valence-corrected chi connectivity index (χ4v) is 6.48. The van der Waals surface area contributed by atoms with Crippen LogP contribution in [0.3, 0.4) is 0 Å². The molecule has 1 amide bonds. The minimum atomic E-state index is -3.02. The molecule has 1 atom stereocenters. The summed E-state index contributed by atoms with van der Waals surface area (Å²) in [7, 11) is -3.02. The van der Waals surface area contributed by atoms with E-state index in [-0.39, 0.29) is 35.1 Å². The molecule has 4 rings (SSSR count). The van der Waals surface area contributed by atoms with Crippen LogP contribution in [0, 0.1) is 5.92 Å². The van der Waals surface area contributed by atoms with Crippen molar-refractivity contribution in [1.29, 1.82) is 0 Å². The lowest BCUT2D eigenvalue weighted by Crippen LogP contribution is -2.53. The van der Waals surface area contributed by atoms with Gasteiger partial charge in [0.05, 0.1) is 23.4 Å². The van der Waals surface area contributed by atoms with Crippen molar-refractivity contribution < 1.29 is 26.7 Å². The topological polar surface area (TPSA) is 103 Å². The molecule has 11 heteroatoms. The second-order valence-electron chi connectivity index (χ2n) is 9.74. The number of carbonyl (C=O) groups is 1. The van der Waals surface area contributed by atoms with Gasteiger partial charge in [0.1, 0.15) is 15.6 Å². The molecule has 0 unspecified atom stereocenters. The highest BCUT2D eigenvalue weighted by molar-refractivity contribution is 7.91. The Bertz CT molecular complexity index is 1170. The summed E-state index contributed by atoms with van der Waals surface area (Å²) in [5.41, 5.74) is 2.67. The lowest BCUT2D eigenvalue weighted by atomic mass is 9.84. The molecule has 0 aromatic carbocycles. The predicted molar refractivity (Wildman–Crippen MR) is 122 cm³/mol. The number of nitrogens with zero attached hydrogens (tertiary/aromatic N) is 3. The van der Waals surface area contributed by atoms with Crippen molar-refractivity contribution in [3.05, 3.63) is 29.7 Å². The fourth-order valence-electron chi connectivity index (χ4n) is 4.75. The SMILES string of the molecule is CC(C)n1nc(-c2cncc(OC(F)F)c2)c2c1C[C@H](C(=O)NC1(C)CCS(=O)(=O)CC1)CC2. The number of sulfone groups is 1. The van der Waals surface area contributed by atoms with E-state index in [9.17, 15) is 22.0 Å². The van der Waals surface area contributed by atoms with E-state index >= 15 is 0 Å². The second-order valence-corrected chi connectivity index (χ2v) is 12.0. The van der Waals surface area contributed by atoms with Crippen LogP contribution in [0.1, 0.15) is 57.3 Å². The number of pyridine rings is 1. The van der Waals surface area contributed by atoms with E-state index in [4.69, 9.17) is 5.10 Å². The van der Waals surface area contributed by atoms with Gasteiger partial charge in [0.2, 0.25) is 5.91 Å². The molecule has 1 fully saturated rings. The van der Waals surface area contributed by atoms with Crippen molar-refractivity contribution in [1.82, 2.24) is 20.1 Å². The number of carbonyl (C=O) groups excluding carboxylic acids is 1. The van der Waals surface area contributed by atoms with E-state index in [1.54, 1.807) is 6.20 Å². The first kappa shape index (κ1) is 24.6. The van der Waals surface area contributed by atoms with E-state index in [2.05, 4.69) is 15.0 Å². The van der Waals surface area contributed by atoms with Crippen LogP contribution in [0.15, 0.2) is 18.5 Å². The molecule has 1 N–H and O–H groups in total. The lowest BCUT2D eigenvalue weighted by Gasteiger charge is -2.36. The summed E-state index contributed by atoms with van der Waals surface area (Å²) >= 11 is 0. The molecule has 186 valence electrons. The van der Waals surface area contributed by atoms with Gasteiger partial charge in [-0.1, -0.05) is 0 Å². The molecule has 0 bridgehead atoms. The van der Waals surface area contributed by atoms with Crippen molar-refractivity contribution in [2.45, 2.75) is 71.1 Å². The highest BCUT2D eigenvalue weighted by Crippen LogP contribution is 2.36. The number of hydrogen-bond donors (Lipinski definition) is 1. The molecule has 1 aliphatic carbocycles. The normalized spacial score (nSPS) is 21.3. The molecule has 0 spiro atoms. The standard InChI is InChI=1S/C23H30F2N4O4S/c1-14(2)29-19-11-15(21(30)27-23(3)6-8-34(31,32)9-7-23)4-5-18(19)20(28-29)16-10-17(13-26-12-16)33-22(24)25/h10,12-15,22H,4-9,11H2,1-3H3,(H,27,30)/t15-/m1/s1. The van der Waals surface area contributed by atoms with Gasteiger partial charge in [-0.05, 0) is 52.5 Å². The van der Waals surface area contributed by atoms with Gasteiger partial charge in [-0.3, -0.25) is 14.5 Å². The maximum Gasteiger partial charge on any atom is 0.387 e. The van der Waals surface area contributed by atoms with Crippen molar-refractivity contribution in [3.63, 3.8) is 0 Å². The van der Waals surface area contributed by atoms with Gasteiger partial charge in [0.15, 0.2) is 0 Å². The number of fused-ring (bicyclic) bond motifs is 1. The molecule has 2 aromatic rings. The largest absolute Gasteiger partial charge is 0.433 e. The smallest absolute Gasteiger partial charge is 0.387 e. The Hall–Kier alpha value is -2.56. The number of aromatic nitrogens is 3. The van der Waals surface area contributed by atoms with Gasteiger partial charge in [-0.2, -0.15) is 13.9 Å². The third-order valence-electron chi connectivity index (χ3n) is 6.73. The number of amides is 1. The van der Waals surface area contributed by atoms with Crippen LogP contribution < -0.4 is 10.1 Å². The summed E-state index contributed by atoms with van der Waals surface area (Å²) in [5.74, 6) is -0.179. The summed E-state index contributed by atoms with van der Waals surface area (Å²) < 4.78 is 55.3. The average Bonchev–Trinajstić information content (AvgIpc) is 3.15. The third-order valence-corrected chi connectivity index (χ3v) is 8.38. The van der Waals surface area contributed by atoms with Gasteiger partial charge in [0.25, 0.3) is 0 Å². The molecule has 1 aliphatic heterocycles. The van der Waals surface area contributed by atoms with Gasteiger partial charge in [-0.25, -0.2) is 8.42 Å². The fraction of sp³-hybridized carbons (Fsp3) is 0.609. The number of halogens is 2. The summed E-state index contributed by atoms with van der Waals surface area (Å²) in [5, 5.41) is 7.87. The van der Waals surface area contributed by atoms with E-state index < -0.39 is 22.0 Å². The van der Waals surface area contributed by atoms with Crippen LogP contribution >= 0.6 is 0 Å². The first-order chi connectivity index (χ1) is 16.0. The molecular weight excluding hydrogens is 466 g/mol. The molecule has 1 saturated heterocycles. The molecule has 34 heavy (non-hydrogen) atoms. The Morgan fingerprint density at radius 3 is 2.62 bits per heavy atom. The van der Waals surface area contributed by atoms with E-state index in [0.717, 1.165) is 11.3 Å². The monoisotopic (exact) mass is 496 g/mol. The van der Waals surface area contributed by atoms with Gasteiger partial charge < -0.3 is 10.1 Å². The quantitative estimate of drug-likeness (QED) is 0.658. The van der Waals surface area contributed by atoms with Crippen LogP contribution in [-0.4, -0.2) is 52.7 Å². The molecule has 0 radical (unpaired) electrons. The highest BCUT2D eigenvalue weighted by Gasteiger charge is 2.38. The zero-order valence-corrected chi connectivity index (χ0v) is 20.4. The van der Waals surface area contributed by atoms with Crippen molar-refractivity contribution >= 4 is 15.7 Å². The number of nitrogens with one attached hydrogen (secondary N) is 1. The number of hydrogen-bond acceptors (Lipinski definition) is 6. The molecular formula is C23H30F2N4O4S. The van der Waals surface area contributed by atoms with Crippen LogP contribution in [0.4, 0.5) is 8.78 Å². The molecule has 2 aromatic heterocycles. The van der Waals surface area contributed by atoms with E-state index in [1.807, 2.05) is 25.5 Å². The number of rotatable bonds is 6. The number of ether oxygens (including phenoxy) is 1. The summed E-state index contributed by atoms with van der Waals surface area (Å²) in [6.07, 6.45) is 5.36. The second kappa shape index (κ2) is 9.24. The molecule has 3 heterocycles. The van der Waals surface area contributed by atoms with Gasteiger partial charge >= 0.3 is 6.61 Å². The minimum absolute atomic E-state index is 0.0313. The lowest BCUT2D eigenvalue weighted by molar-refractivity contribution is -0.127. The summed E-state index contributed by atoms with van der Waals surface area (Å²) in [4.78, 5) is 17.2. The first-order valence-corrected chi connectivity index (χ1v) is 13.3. The van der Waals surface area contributed by atoms with E-state index in [0.29, 0.717) is 43.4 Å². The molecule has 2 aliphatic rings. The van der Waals surface area contributed by atoms with Crippen molar-refractivity contribution in [3.8, 4) is 17.0 Å². The zero-order valence-electron chi connectivity index (χ0n) is 19.6. The van der Waals surface area contributed by atoms with Gasteiger partial charge in [0, 0.05) is 46.9 Å². The highest BCUT2D eigenvalue weighted by atomic mass is 32.2. The molecule has 0 saturated carbocycles. The van der Waals surface area contributed by atoms with E-state index in [1.165, 1.54) is 12.3 Å². The third kappa shape index (κ3) is 5.24. The van der Waals surface area contributed by atoms with Crippen molar-refractivity contribution in [2.75, 3.05) is 11.5 Å².